The molecule has 1 amide bonds. The zero-order valence-corrected chi connectivity index (χ0v) is 13.3. The Morgan fingerprint density at radius 2 is 2.09 bits per heavy atom. The first-order chi connectivity index (χ1) is 10.6. The van der Waals surface area contributed by atoms with E-state index < -0.39 is 6.10 Å². The van der Waals surface area contributed by atoms with Crippen LogP contribution in [0.4, 0.5) is 0 Å². The highest BCUT2D eigenvalue weighted by Gasteiger charge is 2.17. The number of benzene rings is 1. The van der Waals surface area contributed by atoms with E-state index in [1.807, 2.05) is 31.2 Å². The quantitative estimate of drug-likeness (QED) is 0.767. The first kappa shape index (κ1) is 16.5. The summed E-state index contributed by atoms with van der Waals surface area (Å²) in [5.41, 5.74) is 0. The number of thioether (sulfide) groups is 1. The molecule has 0 saturated carbocycles. The van der Waals surface area contributed by atoms with E-state index in [0.717, 1.165) is 10.6 Å². The van der Waals surface area contributed by atoms with Crippen molar-refractivity contribution >= 4 is 17.7 Å². The maximum absolute atomic E-state index is 12.0. The molecular weight excluding hydrogens is 302 g/mol. The number of aliphatic hydroxyl groups is 1. The minimum atomic E-state index is -0.836. The second kappa shape index (κ2) is 7.91. The zero-order chi connectivity index (χ0) is 15.9. The molecule has 0 aliphatic heterocycles. The second-order valence-corrected chi connectivity index (χ2v) is 6.13. The summed E-state index contributed by atoms with van der Waals surface area (Å²) >= 11 is 1.45. The third-order valence-corrected chi connectivity index (χ3v) is 4.19. The van der Waals surface area contributed by atoms with Gasteiger partial charge in [-0.05, 0) is 43.3 Å². The molecule has 5 nitrogen and oxygen atoms in total. The van der Waals surface area contributed by atoms with Crippen LogP contribution in [0.1, 0.15) is 18.8 Å². The maximum atomic E-state index is 12.0. The molecule has 1 aromatic heterocycles. The summed E-state index contributed by atoms with van der Waals surface area (Å²) in [5.74, 6) is 1.09. The van der Waals surface area contributed by atoms with Crippen molar-refractivity contribution in [2.45, 2.75) is 23.2 Å². The highest BCUT2D eigenvalue weighted by atomic mass is 32.2. The van der Waals surface area contributed by atoms with E-state index in [1.165, 1.54) is 18.0 Å². The molecule has 0 fully saturated rings. The standard InChI is InChI=1S/C16H19NO4S/c1-11(22-13-7-5-12(20-2)6-8-13)16(19)17-10-14(18)15-4-3-9-21-15/h3-9,11,14,18H,10H2,1-2H3,(H,17,19). The van der Waals surface area contributed by atoms with Gasteiger partial charge in [-0.3, -0.25) is 4.79 Å². The lowest BCUT2D eigenvalue weighted by molar-refractivity contribution is -0.120. The normalized spacial score (nSPS) is 13.4. The SMILES string of the molecule is COc1ccc(SC(C)C(=O)NCC(O)c2ccco2)cc1. The number of rotatable bonds is 7. The first-order valence-corrected chi connectivity index (χ1v) is 7.78. The summed E-state index contributed by atoms with van der Waals surface area (Å²) in [6, 6.07) is 10.9. The molecule has 22 heavy (non-hydrogen) atoms. The van der Waals surface area contributed by atoms with Gasteiger partial charge in [0.25, 0.3) is 0 Å². The van der Waals surface area contributed by atoms with Gasteiger partial charge in [0.05, 0.1) is 25.2 Å². The van der Waals surface area contributed by atoms with Gasteiger partial charge >= 0.3 is 0 Å². The lowest BCUT2D eigenvalue weighted by Crippen LogP contribution is -2.34. The predicted octanol–water partition coefficient (Wildman–Crippen LogP) is 2.62. The fraction of sp³-hybridized carbons (Fsp3) is 0.312. The number of amides is 1. The van der Waals surface area contributed by atoms with E-state index in [1.54, 1.807) is 19.2 Å². The third kappa shape index (κ3) is 4.54. The largest absolute Gasteiger partial charge is 0.497 e. The number of furan rings is 1. The Labute approximate surface area is 133 Å². The van der Waals surface area contributed by atoms with Crippen LogP contribution in [0.25, 0.3) is 0 Å². The predicted molar refractivity (Wildman–Crippen MR) is 85.0 cm³/mol. The summed E-state index contributed by atoms with van der Waals surface area (Å²) in [7, 11) is 1.61. The fourth-order valence-corrected chi connectivity index (χ4v) is 2.73. The summed E-state index contributed by atoms with van der Waals surface area (Å²) in [6.07, 6.45) is 0.653. The monoisotopic (exact) mass is 321 g/mol. The van der Waals surface area contributed by atoms with Crippen LogP contribution in [0.2, 0.25) is 0 Å². The maximum Gasteiger partial charge on any atom is 0.233 e. The fourth-order valence-electron chi connectivity index (χ4n) is 1.83. The molecular formula is C16H19NO4S. The minimum absolute atomic E-state index is 0.125. The van der Waals surface area contributed by atoms with E-state index in [2.05, 4.69) is 5.32 Å². The summed E-state index contributed by atoms with van der Waals surface area (Å²) < 4.78 is 10.2. The number of carbonyl (C=O) groups excluding carboxylic acids is 1. The number of hydrogen-bond donors (Lipinski definition) is 2. The smallest absolute Gasteiger partial charge is 0.233 e. The Balaban J connectivity index is 1.81. The van der Waals surface area contributed by atoms with Crippen LogP contribution < -0.4 is 10.1 Å². The Bertz CT molecular complexity index is 583. The van der Waals surface area contributed by atoms with E-state index >= 15 is 0 Å². The molecule has 118 valence electrons. The van der Waals surface area contributed by atoms with Crippen molar-refractivity contribution in [2.75, 3.05) is 13.7 Å². The van der Waals surface area contributed by atoms with Gasteiger partial charge in [0.2, 0.25) is 5.91 Å². The van der Waals surface area contributed by atoms with Crippen LogP contribution in [-0.4, -0.2) is 29.9 Å². The van der Waals surface area contributed by atoms with E-state index in [9.17, 15) is 9.90 Å². The summed E-state index contributed by atoms with van der Waals surface area (Å²) in [4.78, 5) is 13.0. The van der Waals surface area contributed by atoms with Gasteiger partial charge in [0, 0.05) is 4.90 Å². The van der Waals surface area contributed by atoms with E-state index in [4.69, 9.17) is 9.15 Å². The molecule has 2 rings (SSSR count). The average Bonchev–Trinajstić information content (AvgIpc) is 3.07. The molecule has 0 aliphatic carbocycles. The molecule has 2 unspecified atom stereocenters. The Hall–Kier alpha value is -1.92. The van der Waals surface area contributed by atoms with Crippen molar-refractivity contribution in [3.63, 3.8) is 0 Å². The first-order valence-electron chi connectivity index (χ1n) is 6.90. The molecule has 0 spiro atoms. The summed E-state index contributed by atoms with van der Waals surface area (Å²) in [6.45, 7) is 1.95. The number of hydrogen-bond acceptors (Lipinski definition) is 5. The molecule has 2 atom stereocenters. The van der Waals surface area contributed by atoms with Crippen LogP contribution in [0, 0.1) is 0 Å². The Kier molecular flexibility index (Phi) is 5.91. The highest BCUT2D eigenvalue weighted by Crippen LogP contribution is 2.25. The van der Waals surface area contributed by atoms with Gasteiger partial charge in [0.1, 0.15) is 17.6 Å². The zero-order valence-electron chi connectivity index (χ0n) is 12.5. The van der Waals surface area contributed by atoms with Crippen LogP contribution >= 0.6 is 11.8 Å². The van der Waals surface area contributed by atoms with Crippen LogP contribution in [0.15, 0.2) is 52.0 Å². The number of ether oxygens (including phenoxy) is 1. The van der Waals surface area contributed by atoms with Crippen molar-refractivity contribution in [1.82, 2.24) is 5.32 Å². The van der Waals surface area contributed by atoms with Crippen molar-refractivity contribution in [3.05, 3.63) is 48.4 Å². The third-order valence-electron chi connectivity index (χ3n) is 3.08. The Morgan fingerprint density at radius 1 is 1.36 bits per heavy atom. The van der Waals surface area contributed by atoms with Crippen LogP contribution in [0.5, 0.6) is 5.75 Å². The topological polar surface area (TPSA) is 71.7 Å². The van der Waals surface area contributed by atoms with Crippen LogP contribution in [0.3, 0.4) is 0 Å². The molecule has 1 aromatic carbocycles. The van der Waals surface area contributed by atoms with Gasteiger partial charge in [-0.25, -0.2) is 0 Å². The molecule has 0 saturated heterocycles. The molecule has 0 bridgehead atoms. The highest BCUT2D eigenvalue weighted by molar-refractivity contribution is 8.00. The molecule has 2 aromatic rings. The van der Waals surface area contributed by atoms with Gasteiger partial charge in [0.15, 0.2) is 0 Å². The van der Waals surface area contributed by atoms with Crippen molar-refractivity contribution in [2.24, 2.45) is 0 Å². The van der Waals surface area contributed by atoms with Crippen molar-refractivity contribution < 1.29 is 19.1 Å². The molecule has 0 radical (unpaired) electrons. The van der Waals surface area contributed by atoms with Gasteiger partial charge in [-0.1, -0.05) is 0 Å². The number of carbonyl (C=O) groups is 1. The van der Waals surface area contributed by atoms with E-state index in [0.29, 0.717) is 5.76 Å². The van der Waals surface area contributed by atoms with Crippen molar-refractivity contribution in [1.29, 1.82) is 0 Å². The second-order valence-electron chi connectivity index (χ2n) is 4.71. The Morgan fingerprint density at radius 3 is 2.68 bits per heavy atom. The lowest BCUT2D eigenvalue weighted by atomic mass is 10.2. The summed E-state index contributed by atoms with van der Waals surface area (Å²) in [5, 5.41) is 12.3. The number of nitrogens with one attached hydrogen (secondary N) is 1. The lowest BCUT2D eigenvalue weighted by Gasteiger charge is -2.14. The molecule has 1 heterocycles. The van der Waals surface area contributed by atoms with Gasteiger partial charge in [-0.2, -0.15) is 0 Å². The van der Waals surface area contributed by atoms with Gasteiger partial charge in [-0.15, -0.1) is 11.8 Å². The molecule has 2 N–H and O–H groups in total. The molecule has 6 heteroatoms. The van der Waals surface area contributed by atoms with Gasteiger partial charge < -0.3 is 19.6 Å². The minimum Gasteiger partial charge on any atom is -0.497 e. The number of methoxy groups -OCH3 is 1. The van der Waals surface area contributed by atoms with Crippen LogP contribution in [-0.2, 0) is 4.79 Å². The average molecular weight is 321 g/mol. The van der Waals surface area contributed by atoms with E-state index in [-0.39, 0.29) is 17.7 Å². The van der Waals surface area contributed by atoms with Crippen molar-refractivity contribution in [3.8, 4) is 5.75 Å². The molecule has 0 aliphatic rings. The number of aliphatic hydroxyl groups excluding tert-OH is 1.